The van der Waals surface area contributed by atoms with Crippen molar-refractivity contribution in [3.8, 4) is 0 Å². The Kier molecular flexibility index (Phi) is 2.78. The van der Waals surface area contributed by atoms with E-state index >= 15 is 0 Å². The molecule has 1 atom stereocenters. The number of rotatable bonds is 2. The third-order valence-corrected chi connectivity index (χ3v) is 2.30. The molecule has 0 aromatic heterocycles. The monoisotopic (exact) mass is 194 g/mol. The quantitative estimate of drug-likeness (QED) is 0.527. The minimum absolute atomic E-state index is 0.108. The molecular formula is C9H14N4O. The molecule has 5 heteroatoms. The third-order valence-electron chi connectivity index (χ3n) is 2.30. The van der Waals surface area contributed by atoms with E-state index in [9.17, 15) is 4.79 Å². The minimum atomic E-state index is -0.108. The van der Waals surface area contributed by atoms with E-state index < -0.39 is 0 Å². The molecule has 0 unspecified atom stereocenters. The second-order valence-corrected chi connectivity index (χ2v) is 3.40. The molecule has 1 amide bonds. The first kappa shape index (κ1) is 9.21. The molecule has 5 nitrogen and oxygen atoms in total. The predicted molar refractivity (Wildman–Crippen MR) is 54.0 cm³/mol. The summed E-state index contributed by atoms with van der Waals surface area (Å²) in [7, 11) is 0. The van der Waals surface area contributed by atoms with Crippen molar-refractivity contribution < 1.29 is 4.79 Å². The van der Waals surface area contributed by atoms with E-state index in [1.807, 2.05) is 6.08 Å². The van der Waals surface area contributed by atoms with Crippen molar-refractivity contribution in [3.05, 3.63) is 12.3 Å². The van der Waals surface area contributed by atoms with Gasteiger partial charge in [-0.2, -0.15) is 0 Å². The van der Waals surface area contributed by atoms with E-state index in [4.69, 9.17) is 0 Å². The number of carbonyl (C=O) groups excluding carboxylic acids is 1. The zero-order chi connectivity index (χ0) is 9.80. The number of carbonyl (C=O) groups is 1. The number of hydrogen-bond donors (Lipinski definition) is 3. The summed E-state index contributed by atoms with van der Waals surface area (Å²) in [5.74, 6) is 0.308. The maximum atomic E-state index is 11.6. The zero-order valence-electron chi connectivity index (χ0n) is 7.92. The highest BCUT2D eigenvalue weighted by Gasteiger charge is 2.19. The first-order chi connectivity index (χ1) is 6.86. The van der Waals surface area contributed by atoms with Gasteiger partial charge >= 0.3 is 0 Å². The van der Waals surface area contributed by atoms with Gasteiger partial charge in [0.25, 0.3) is 5.91 Å². The number of amidine groups is 1. The molecule has 0 spiro atoms. The van der Waals surface area contributed by atoms with Gasteiger partial charge in [0, 0.05) is 18.8 Å². The number of aliphatic imine (C=N–C) groups is 1. The SMILES string of the molecule is O=C(N[C@@H]1CCNC1)C1=NCC=CN1. The van der Waals surface area contributed by atoms with Gasteiger partial charge in [0.05, 0.1) is 6.54 Å². The second kappa shape index (κ2) is 4.23. The van der Waals surface area contributed by atoms with Crippen molar-refractivity contribution in [1.82, 2.24) is 16.0 Å². The average Bonchev–Trinajstić information content (AvgIpc) is 2.72. The average molecular weight is 194 g/mol. The summed E-state index contributed by atoms with van der Waals surface area (Å²) < 4.78 is 0. The molecule has 76 valence electrons. The van der Waals surface area contributed by atoms with Crippen LogP contribution < -0.4 is 16.0 Å². The fourth-order valence-electron chi connectivity index (χ4n) is 1.55. The van der Waals surface area contributed by atoms with Gasteiger partial charge in [0.2, 0.25) is 0 Å². The lowest BCUT2D eigenvalue weighted by Gasteiger charge is -2.13. The van der Waals surface area contributed by atoms with Gasteiger partial charge in [-0.05, 0) is 19.0 Å². The largest absolute Gasteiger partial charge is 0.345 e. The number of nitrogens with one attached hydrogen (secondary N) is 3. The molecule has 2 heterocycles. The van der Waals surface area contributed by atoms with Crippen LogP contribution in [0.2, 0.25) is 0 Å². The maximum absolute atomic E-state index is 11.6. The molecule has 2 aliphatic heterocycles. The fourth-order valence-corrected chi connectivity index (χ4v) is 1.55. The van der Waals surface area contributed by atoms with Crippen LogP contribution in [0, 0.1) is 0 Å². The molecule has 0 aliphatic carbocycles. The molecule has 0 radical (unpaired) electrons. The Bertz CT molecular complexity index is 279. The Hall–Kier alpha value is -1.36. The van der Waals surface area contributed by atoms with Crippen LogP contribution in [0.3, 0.4) is 0 Å². The van der Waals surface area contributed by atoms with Gasteiger partial charge in [-0.25, -0.2) is 0 Å². The van der Waals surface area contributed by atoms with Crippen LogP contribution >= 0.6 is 0 Å². The number of hydrogen-bond acceptors (Lipinski definition) is 4. The molecule has 0 bridgehead atoms. The van der Waals surface area contributed by atoms with Crippen LogP contribution in [-0.2, 0) is 4.79 Å². The fraction of sp³-hybridized carbons (Fsp3) is 0.556. The summed E-state index contributed by atoms with van der Waals surface area (Å²) in [5.41, 5.74) is 0. The highest BCUT2D eigenvalue weighted by atomic mass is 16.2. The summed E-state index contributed by atoms with van der Waals surface area (Å²) in [5, 5.41) is 8.94. The first-order valence-corrected chi connectivity index (χ1v) is 4.84. The van der Waals surface area contributed by atoms with E-state index in [0.29, 0.717) is 12.4 Å². The lowest BCUT2D eigenvalue weighted by atomic mass is 10.2. The Labute approximate surface area is 82.7 Å². The summed E-state index contributed by atoms with van der Waals surface area (Å²) in [6.45, 7) is 2.41. The lowest BCUT2D eigenvalue weighted by molar-refractivity contribution is -0.115. The molecule has 2 aliphatic rings. The van der Waals surface area contributed by atoms with Crippen molar-refractivity contribution in [2.24, 2.45) is 4.99 Å². The lowest BCUT2D eigenvalue weighted by Crippen LogP contribution is -2.44. The Morgan fingerprint density at radius 3 is 3.21 bits per heavy atom. The molecule has 0 saturated carbocycles. The van der Waals surface area contributed by atoms with E-state index in [0.717, 1.165) is 19.5 Å². The van der Waals surface area contributed by atoms with Crippen molar-refractivity contribution >= 4 is 11.7 Å². The van der Waals surface area contributed by atoms with Gasteiger partial charge in [-0.3, -0.25) is 9.79 Å². The van der Waals surface area contributed by atoms with Gasteiger partial charge in [-0.15, -0.1) is 0 Å². The Morgan fingerprint density at radius 1 is 1.64 bits per heavy atom. The number of nitrogens with zero attached hydrogens (tertiary/aromatic N) is 1. The van der Waals surface area contributed by atoms with E-state index in [2.05, 4.69) is 20.9 Å². The smallest absolute Gasteiger partial charge is 0.286 e. The molecule has 3 N–H and O–H groups in total. The molecule has 14 heavy (non-hydrogen) atoms. The summed E-state index contributed by atoms with van der Waals surface area (Å²) >= 11 is 0. The molecule has 0 aromatic rings. The molecule has 1 saturated heterocycles. The molecule has 2 rings (SSSR count). The van der Waals surface area contributed by atoms with Crippen molar-refractivity contribution in [1.29, 1.82) is 0 Å². The standard InChI is InChI=1S/C9H14N4O/c14-9(8-11-3-1-4-12-8)13-7-2-5-10-6-7/h1,3,7,10H,2,4-6H2,(H,11,12)(H,13,14)/t7-/m1/s1. The normalized spacial score (nSPS) is 25.4. The van der Waals surface area contributed by atoms with Crippen molar-refractivity contribution in [2.75, 3.05) is 19.6 Å². The van der Waals surface area contributed by atoms with Crippen LogP contribution in [-0.4, -0.2) is 37.4 Å². The van der Waals surface area contributed by atoms with Crippen LogP contribution in [0.25, 0.3) is 0 Å². The highest BCUT2D eigenvalue weighted by molar-refractivity contribution is 6.38. The second-order valence-electron chi connectivity index (χ2n) is 3.40. The molecular weight excluding hydrogens is 180 g/mol. The predicted octanol–water partition coefficient (Wildman–Crippen LogP) is -1.02. The van der Waals surface area contributed by atoms with Gasteiger partial charge < -0.3 is 16.0 Å². The summed E-state index contributed by atoms with van der Waals surface area (Å²) in [4.78, 5) is 15.6. The summed E-state index contributed by atoms with van der Waals surface area (Å²) in [6.07, 6.45) is 4.61. The van der Waals surface area contributed by atoms with Crippen molar-refractivity contribution in [3.63, 3.8) is 0 Å². The zero-order valence-corrected chi connectivity index (χ0v) is 7.92. The number of amides is 1. The molecule has 1 fully saturated rings. The Balaban J connectivity index is 1.85. The molecule has 0 aromatic carbocycles. The Morgan fingerprint density at radius 2 is 2.57 bits per heavy atom. The minimum Gasteiger partial charge on any atom is -0.345 e. The van der Waals surface area contributed by atoms with Gasteiger partial charge in [-0.1, -0.05) is 0 Å². The van der Waals surface area contributed by atoms with E-state index in [-0.39, 0.29) is 11.9 Å². The van der Waals surface area contributed by atoms with E-state index in [1.165, 1.54) is 0 Å². The van der Waals surface area contributed by atoms with E-state index in [1.54, 1.807) is 6.20 Å². The maximum Gasteiger partial charge on any atom is 0.286 e. The highest BCUT2D eigenvalue weighted by Crippen LogP contribution is 1.97. The van der Waals surface area contributed by atoms with Crippen LogP contribution in [0.1, 0.15) is 6.42 Å². The topological polar surface area (TPSA) is 65.5 Å². The van der Waals surface area contributed by atoms with Crippen LogP contribution in [0.15, 0.2) is 17.3 Å². The summed E-state index contributed by atoms with van der Waals surface area (Å²) in [6, 6.07) is 0.248. The van der Waals surface area contributed by atoms with Gasteiger partial charge in [0.1, 0.15) is 0 Å². The van der Waals surface area contributed by atoms with Crippen molar-refractivity contribution in [2.45, 2.75) is 12.5 Å². The third kappa shape index (κ3) is 2.11. The first-order valence-electron chi connectivity index (χ1n) is 4.84. The van der Waals surface area contributed by atoms with Crippen LogP contribution in [0.4, 0.5) is 0 Å². The van der Waals surface area contributed by atoms with Gasteiger partial charge in [0.15, 0.2) is 5.84 Å². The van der Waals surface area contributed by atoms with Crippen LogP contribution in [0.5, 0.6) is 0 Å².